The van der Waals surface area contributed by atoms with Crippen molar-refractivity contribution in [1.29, 1.82) is 0 Å². The molecule has 0 bridgehead atoms. The lowest BCUT2D eigenvalue weighted by molar-refractivity contribution is -0.129. The van der Waals surface area contributed by atoms with Gasteiger partial charge >= 0.3 is 0 Å². The predicted octanol–water partition coefficient (Wildman–Crippen LogP) is 1.66. The van der Waals surface area contributed by atoms with E-state index in [9.17, 15) is 14.0 Å². The molecule has 0 aromatic heterocycles. The first-order valence-electron chi connectivity index (χ1n) is 5.84. The minimum absolute atomic E-state index is 0.0686. The van der Waals surface area contributed by atoms with E-state index in [2.05, 4.69) is 12.6 Å². The molecule has 0 atom stereocenters. The van der Waals surface area contributed by atoms with Crippen molar-refractivity contribution in [2.24, 2.45) is 0 Å². The number of amides is 2. The molecule has 1 aromatic rings. The third-order valence-electron chi connectivity index (χ3n) is 2.67. The highest BCUT2D eigenvalue weighted by Crippen LogP contribution is 2.15. The maximum absolute atomic E-state index is 13.6. The summed E-state index contributed by atoms with van der Waals surface area (Å²) < 4.78 is 13.6. The average molecular weight is 284 g/mol. The van der Waals surface area contributed by atoms with Gasteiger partial charge in [-0.15, -0.1) is 12.6 Å². The predicted molar refractivity (Wildman–Crippen MR) is 73.9 cm³/mol. The van der Waals surface area contributed by atoms with Gasteiger partial charge in [-0.1, -0.05) is 0 Å². The van der Waals surface area contributed by atoms with Gasteiger partial charge in [0.05, 0.1) is 12.1 Å². The first-order chi connectivity index (χ1) is 8.86. The van der Waals surface area contributed by atoms with E-state index in [4.69, 9.17) is 0 Å². The third-order valence-corrected chi connectivity index (χ3v) is 2.95. The standard InChI is InChI=1S/C13H17FN2O2S/c1-4-16(8-12(17)15(2)3)13(18)10-7-9(19)5-6-11(10)14/h5-7,19H,4,8H2,1-3H3. The van der Waals surface area contributed by atoms with Crippen LogP contribution in [0, 0.1) is 5.82 Å². The second kappa shape index (κ2) is 6.56. The van der Waals surface area contributed by atoms with Gasteiger partial charge in [-0.2, -0.15) is 0 Å². The van der Waals surface area contributed by atoms with E-state index in [1.54, 1.807) is 21.0 Å². The van der Waals surface area contributed by atoms with Crippen LogP contribution in [0.5, 0.6) is 0 Å². The Bertz CT molecular complexity index is 492. The van der Waals surface area contributed by atoms with Crippen molar-refractivity contribution in [3.8, 4) is 0 Å². The molecule has 0 N–H and O–H groups in total. The lowest BCUT2D eigenvalue weighted by atomic mass is 10.2. The monoisotopic (exact) mass is 284 g/mol. The van der Waals surface area contributed by atoms with Gasteiger partial charge in [-0.05, 0) is 25.1 Å². The SMILES string of the molecule is CCN(CC(=O)N(C)C)C(=O)c1cc(S)ccc1F. The molecule has 2 amide bonds. The van der Waals surface area contributed by atoms with E-state index in [1.165, 1.54) is 28.0 Å². The molecule has 6 heteroatoms. The summed E-state index contributed by atoms with van der Waals surface area (Å²) in [6, 6.07) is 4.03. The Morgan fingerprint density at radius 3 is 2.47 bits per heavy atom. The van der Waals surface area contributed by atoms with Gasteiger partial charge in [0.15, 0.2) is 0 Å². The van der Waals surface area contributed by atoms with Gasteiger partial charge in [0.1, 0.15) is 5.82 Å². The van der Waals surface area contributed by atoms with Crippen LogP contribution in [0.3, 0.4) is 0 Å². The van der Waals surface area contributed by atoms with Crippen LogP contribution >= 0.6 is 12.6 Å². The van der Waals surface area contributed by atoms with Crippen LogP contribution in [0.2, 0.25) is 0 Å². The largest absolute Gasteiger partial charge is 0.347 e. The van der Waals surface area contributed by atoms with Crippen molar-refractivity contribution in [2.45, 2.75) is 11.8 Å². The molecular weight excluding hydrogens is 267 g/mol. The normalized spacial score (nSPS) is 10.2. The molecule has 0 spiro atoms. The molecule has 0 unspecified atom stereocenters. The summed E-state index contributed by atoms with van der Waals surface area (Å²) in [5.74, 6) is -1.33. The van der Waals surface area contributed by atoms with Crippen molar-refractivity contribution in [2.75, 3.05) is 27.2 Å². The highest BCUT2D eigenvalue weighted by Gasteiger charge is 2.21. The Balaban J connectivity index is 2.95. The van der Waals surface area contributed by atoms with Crippen molar-refractivity contribution >= 4 is 24.4 Å². The van der Waals surface area contributed by atoms with E-state index in [1.807, 2.05) is 0 Å². The molecule has 1 aromatic carbocycles. The summed E-state index contributed by atoms with van der Waals surface area (Å²) in [7, 11) is 3.21. The molecule has 104 valence electrons. The van der Waals surface area contributed by atoms with Gasteiger partial charge in [-0.3, -0.25) is 9.59 Å². The zero-order valence-corrected chi connectivity index (χ0v) is 12.1. The molecule has 0 aliphatic carbocycles. The van der Waals surface area contributed by atoms with Gasteiger partial charge < -0.3 is 9.80 Å². The van der Waals surface area contributed by atoms with E-state index in [-0.39, 0.29) is 18.0 Å². The summed E-state index contributed by atoms with van der Waals surface area (Å²) in [5, 5.41) is 0. The van der Waals surface area contributed by atoms with Crippen molar-refractivity contribution in [3.63, 3.8) is 0 Å². The fraction of sp³-hybridized carbons (Fsp3) is 0.385. The number of rotatable bonds is 4. The topological polar surface area (TPSA) is 40.6 Å². The van der Waals surface area contributed by atoms with E-state index in [0.717, 1.165) is 0 Å². The molecule has 19 heavy (non-hydrogen) atoms. The molecular formula is C13H17FN2O2S. The number of hydrogen-bond acceptors (Lipinski definition) is 3. The summed E-state index contributed by atoms with van der Waals surface area (Å²) in [5.41, 5.74) is -0.0686. The van der Waals surface area contributed by atoms with Crippen molar-refractivity contribution < 1.29 is 14.0 Å². The first-order valence-corrected chi connectivity index (χ1v) is 6.29. The quantitative estimate of drug-likeness (QED) is 0.854. The Kier molecular flexibility index (Phi) is 5.35. The number of benzene rings is 1. The number of halogens is 1. The van der Waals surface area contributed by atoms with Gasteiger partial charge in [-0.25, -0.2) is 4.39 Å². The minimum Gasteiger partial charge on any atom is -0.347 e. The summed E-state index contributed by atoms with van der Waals surface area (Å²) in [4.78, 5) is 27.0. The molecule has 0 saturated heterocycles. The highest BCUT2D eigenvalue weighted by molar-refractivity contribution is 7.80. The Labute approximate surface area is 117 Å². The van der Waals surface area contributed by atoms with Gasteiger partial charge in [0, 0.05) is 25.5 Å². The summed E-state index contributed by atoms with van der Waals surface area (Å²) in [6.45, 7) is 2.00. The van der Waals surface area contributed by atoms with Crippen molar-refractivity contribution in [3.05, 3.63) is 29.6 Å². The van der Waals surface area contributed by atoms with Crippen LogP contribution in [0.1, 0.15) is 17.3 Å². The number of thiol groups is 1. The summed E-state index contributed by atoms with van der Waals surface area (Å²) in [6.07, 6.45) is 0. The van der Waals surface area contributed by atoms with Gasteiger partial charge in [0.2, 0.25) is 5.91 Å². The summed E-state index contributed by atoms with van der Waals surface area (Å²) >= 11 is 4.08. The average Bonchev–Trinajstić information content (AvgIpc) is 2.37. The van der Waals surface area contributed by atoms with Crippen LogP contribution in [-0.4, -0.2) is 48.8 Å². The zero-order valence-electron chi connectivity index (χ0n) is 11.2. The lowest BCUT2D eigenvalue weighted by Crippen LogP contribution is -2.40. The zero-order chi connectivity index (χ0) is 14.6. The molecule has 4 nitrogen and oxygen atoms in total. The number of carbonyl (C=O) groups excluding carboxylic acids is 2. The highest BCUT2D eigenvalue weighted by atomic mass is 32.1. The van der Waals surface area contributed by atoms with Crippen LogP contribution < -0.4 is 0 Å². The van der Waals surface area contributed by atoms with Crippen molar-refractivity contribution in [1.82, 2.24) is 9.80 Å². The number of hydrogen-bond donors (Lipinski definition) is 1. The maximum Gasteiger partial charge on any atom is 0.257 e. The van der Waals surface area contributed by atoms with Gasteiger partial charge in [0.25, 0.3) is 5.91 Å². The second-order valence-electron chi connectivity index (χ2n) is 4.27. The minimum atomic E-state index is -0.612. The molecule has 0 heterocycles. The number of nitrogens with zero attached hydrogens (tertiary/aromatic N) is 2. The number of likely N-dealkylation sites (N-methyl/N-ethyl adjacent to an activating group) is 2. The fourth-order valence-corrected chi connectivity index (χ4v) is 1.68. The van der Waals surface area contributed by atoms with Crippen LogP contribution in [0.4, 0.5) is 4.39 Å². The Hall–Kier alpha value is -1.56. The molecule has 0 radical (unpaired) electrons. The lowest BCUT2D eigenvalue weighted by Gasteiger charge is -2.22. The van der Waals surface area contributed by atoms with Crippen LogP contribution in [0.25, 0.3) is 0 Å². The van der Waals surface area contributed by atoms with Crippen LogP contribution in [0.15, 0.2) is 23.1 Å². The van der Waals surface area contributed by atoms with E-state index < -0.39 is 11.7 Å². The van der Waals surface area contributed by atoms with Crippen LogP contribution in [-0.2, 0) is 4.79 Å². The molecule has 1 rings (SSSR count). The Morgan fingerprint density at radius 2 is 1.95 bits per heavy atom. The fourth-order valence-electron chi connectivity index (χ4n) is 1.48. The third kappa shape index (κ3) is 3.96. The first kappa shape index (κ1) is 15.5. The van der Waals surface area contributed by atoms with E-state index in [0.29, 0.717) is 11.4 Å². The van der Waals surface area contributed by atoms with E-state index >= 15 is 0 Å². The number of carbonyl (C=O) groups is 2. The Morgan fingerprint density at radius 1 is 1.32 bits per heavy atom. The molecule has 0 saturated carbocycles. The molecule has 0 aliphatic heterocycles. The second-order valence-corrected chi connectivity index (χ2v) is 4.79. The molecule has 0 aliphatic rings. The maximum atomic E-state index is 13.6. The smallest absolute Gasteiger partial charge is 0.257 e. The molecule has 0 fully saturated rings.